The van der Waals surface area contributed by atoms with E-state index in [1.807, 2.05) is 38.1 Å². The van der Waals surface area contributed by atoms with Crippen LogP contribution in [0.4, 0.5) is 0 Å². The van der Waals surface area contributed by atoms with Crippen LogP contribution in [0.15, 0.2) is 24.3 Å². The van der Waals surface area contributed by atoms with Gasteiger partial charge in [-0.3, -0.25) is 0 Å². The molecule has 1 unspecified atom stereocenters. The van der Waals surface area contributed by atoms with Crippen molar-refractivity contribution in [1.29, 1.82) is 0 Å². The Hall–Kier alpha value is -1.50. The van der Waals surface area contributed by atoms with Crippen LogP contribution in [0, 0.1) is 12.3 Å². The fourth-order valence-electron chi connectivity index (χ4n) is 1.50. The summed E-state index contributed by atoms with van der Waals surface area (Å²) < 4.78 is 5.46. The van der Waals surface area contributed by atoms with E-state index in [4.69, 9.17) is 11.2 Å². The quantitative estimate of drug-likeness (QED) is 0.724. The second-order valence-corrected chi connectivity index (χ2v) is 4.55. The van der Waals surface area contributed by atoms with Gasteiger partial charge in [0, 0.05) is 18.7 Å². The molecule has 0 amide bonds. The SMILES string of the molecule is C#CCOc1ccccc1CNCC(C)(O)CC. The van der Waals surface area contributed by atoms with Crippen molar-refractivity contribution in [3.8, 4) is 18.1 Å². The van der Waals surface area contributed by atoms with E-state index in [0.717, 1.165) is 17.7 Å². The van der Waals surface area contributed by atoms with Gasteiger partial charge in [-0.2, -0.15) is 0 Å². The summed E-state index contributed by atoms with van der Waals surface area (Å²) in [5.74, 6) is 3.24. The maximum Gasteiger partial charge on any atom is 0.148 e. The molecular formula is C15H21NO2. The topological polar surface area (TPSA) is 41.5 Å². The van der Waals surface area contributed by atoms with E-state index in [2.05, 4.69) is 11.2 Å². The average molecular weight is 247 g/mol. The smallest absolute Gasteiger partial charge is 0.148 e. The minimum absolute atomic E-state index is 0.268. The first kappa shape index (κ1) is 14.6. The molecular weight excluding hydrogens is 226 g/mol. The molecule has 3 nitrogen and oxygen atoms in total. The number of aliphatic hydroxyl groups is 1. The largest absolute Gasteiger partial charge is 0.481 e. The molecule has 0 saturated carbocycles. The van der Waals surface area contributed by atoms with Gasteiger partial charge >= 0.3 is 0 Å². The molecule has 98 valence electrons. The molecule has 0 aliphatic carbocycles. The molecule has 1 aromatic rings. The van der Waals surface area contributed by atoms with E-state index in [1.54, 1.807) is 0 Å². The van der Waals surface area contributed by atoms with E-state index in [0.29, 0.717) is 13.1 Å². The van der Waals surface area contributed by atoms with Crippen molar-refractivity contribution in [2.45, 2.75) is 32.4 Å². The monoisotopic (exact) mass is 247 g/mol. The molecule has 2 N–H and O–H groups in total. The zero-order valence-corrected chi connectivity index (χ0v) is 11.1. The van der Waals surface area contributed by atoms with Gasteiger partial charge in [-0.25, -0.2) is 0 Å². The minimum Gasteiger partial charge on any atom is -0.481 e. The van der Waals surface area contributed by atoms with Crippen molar-refractivity contribution >= 4 is 0 Å². The van der Waals surface area contributed by atoms with Gasteiger partial charge < -0.3 is 15.2 Å². The Balaban J connectivity index is 2.54. The van der Waals surface area contributed by atoms with Crippen LogP contribution in [-0.4, -0.2) is 23.9 Å². The highest BCUT2D eigenvalue weighted by molar-refractivity contribution is 5.33. The number of terminal acetylenes is 1. The fourth-order valence-corrected chi connectivity index (χ4v) is 1.50. The Labute approximate surface area is 109 Å². The van der Waals surface area contributed by atoms with Crippen LogP contribution >= 0.6 is 0 Å². The van der Waals surface area contributed by atoms with E-state index in [9.17, 15) is 5.11 Å². The standard InChI is InChI=1S/C15H21NO2/c1-4-10-18-14-9-7-6-8-13(14)11-16-12-15(3,17)5-2/h1,6-9,16-17H,5,10-12H2,2-3H3. The van der Waals surface area contributed by atoms with E-state index in [-0.39, 0.29) is 6.61 Å². The van der Waals surface area contributed by atoms with E-state index < -0.39 is 5.60 Å². The first-order valence-corrected chi connectivity index (χ1v) is 6.16. The van der Waals surface area contributed by atoms with Crippen LogP contribution in [0.25, 0.3) is 0 Å². The number of rotatable bonds is 7. The Kier molecular flexibility index (Phi) is 5.70. The molecule has 0 spiro atoms. The highest BCUT2D eigenvalue weighted by atomic mass is 16.5. The van der Waals surface area contributed by atoms with Gasteiger partial charge in [0.05, 0.1) is 5.60 Å². The summed E-state index contributed by atoms with van der Waals surface area (Å²) in [6.07, 6.45) is 5.90. The van der Waals surface area contributed by atoms with E-state index in [1.165, 1.54) is 0 Å². The van der Waals surface area contributed by atoms with Gasteiger partial charge in [0.2, 0.25) is 0 Å². The van der Waals surface area contributed by atoms with Crippen LogP contribution in [-0.2, 0) is 6.54 Å². The molecule has 3 heteroatoms. The van der Waals surface area contributed by atoms with Crippen LogP contribution in [0.1, 0.15) is 25.8 Å². The third-order valence-electron chi connectivity index (χ3n) is 2.87. The highest BCUT2D eigenvalue weighted by Gasteiger charge is 2.16. The van der Waals surface area contributed by atoms with Gasteiger partial charge in [0.1, 0.15) is 12.4 Å². The van der Waals surface area contributed by atoms with Gasteiger partial charge in [0.15, 0.2) is 0 Å². The molecule has 0 fully saturated rings. The third kappa shape index (κ3) is 4.79. The van der Waals surface area contributed by atoms with Gasteiger partial charge in [-0.1, -0.05) is 31.0 Å². The molecule has 0 aliphatic heterocycles. The Morgan fingerprint density at radius 3 is 2.83 bits per heavy atom. The number of hydrogen-bond donors (Lipinski definition) is 2. The lowest BCUT2D eigenvalue weighted by Crippen LogP contribution is -2.36. The van der Waals surface area contributed by atoms with Crippen molar-refractivity contribution in [3.63, 3.8) is 0 Å². The molecule has 1 aromatic carbocycles. The molecule has 0 saturated heterocycles. The van der Waals surface area contributed by atoms with E-state index >= 15 is 0 Å². The molecule has 1 atom stereocenters. The van der Waals surface area contributed by atoms with Gasteiger partial charge in [0.25, 0.3) is 0 Å². The second kappa shape index (κ2) is 7.05. The predicted molar refractivity (Wildman–Crippen MR) is 73.4 cm³/mol. The van der Waals surface area contributed by atoms with Gasteiger partial charge in [-0.15, -0.1) is 6.42 Å². The second-order valence-electron chi connectivity index (χ2n) is 4.55. The first-order chi connectivity index (χ1) is 8.59. The van der Waals surface area contributed by atoms with Crippen LogP contribution in [0.2, 0.25) is 0 Å². The zero-order chi connectivity index (χ0) is 13.4. The highest BCUT2D eigenvalue weighted by Crippen LogP contribution is 2.17. The zero-order valence-electron chi connectivity index (χ0n) is 11.1. The summed E-state index contributed by atoms with van der Waals surface area (Å²) in [7, 11) is 0. The molecule has 0 bridgehead atoms. The van der Waals surface area contributed by atoms with Crippen molar-refractivity contribution in [3.05, 3.63) is 29.8 Å². The molecule has 0 radical (unpaired) electrons. The average Bonchev–Trinajstić information content (AvgIpc) is 2.37. The predicted octanol–water partition coefficient (Wildman–Crippen LogP) is 1.95. The van der Waals surface area contributed by atoms with Crippen molar-refractivity contribution in [2.75, 3.05) is 13.2 Å². The molecule has 1 rings (SSSR count). The summed E-state index contributed by atoms with van der Waals surface area (Å²) in [5, 5.41) is 13.1. The summed E-state index contributed by atoms with van der Waals surface area (Å²) in [4.78, 5) is 0. The number of ether oxygens (including phenoxy) is 1. The van der Waals surface area contributed by atoms with Crippen molar-refractivity contribution in [1.82, 2.24) is 5.32 Å². The van der Waals surface area contributed by atoms with Crippen LogP contribution in [0.5, 0.6) is 5.75 Å². The van der Waals surface area contributed by atoms with Crippen molar-refractivity contribution in [2.24, 2.45) is 0 Å². The first-order valence-electron chi connectivity index (χ1n) is 6.16. The lowest BCUT2D eigenvalue weighted by atomic mass is 10.0. The Morgan fingerprint density at radius 1 is 1.44 bits per heavy atom. The maximum absolute atomic E-state index is 9.89. The molecule has 0 aliphatic rings. The summed E-state index contributed by atoms with van der Waals surface area (Å²) >= 11 is 0. The number of para-hydroxylation sites is 1. The number of benzene rings is 1. The Bertz CT molecular complexity index is 407. The van der Waals surface area contributed by atoms with Crippen LogP contribution in [0.3, 0.4) is 0 Å². The van der Waals surface area contributed by atoms with Crippen LogP contribution < -0.4 is 10.1 Å². The molecule has 0 aromatic heterocycles. The normalized spacial score (nSPS) is 13.7. The lowest BCUT2D eigenvalue weighted by molar-refractivity contribution is 0.0555. The maximum atomic E-state index is 9.89. The lowest BCUT2D eigenvalue weighted by Gasteiger charge is -2.22. The Morgan fingerprint density at radius 2 is 2.17 bits per heavy atom. The number of nitrogens with one attached hydrogen (secondary N) is 1. The van der Waals surface area contributed by atoms with Crippen molar-refractivity contribution < 1.29 is 9.84 Å². The summed E-state index contributed by atoms with van der Waals surface area (Å²) in [6.45, 7) is 5.25. The third-order valence-corrected chi connectivity index (χ3v) is 2.87. The van der Waals surface area contributed by atoms with Gasteiger partial charge in [-0.05, 0) is 19.4 Å². The molecule has 0 heterocycles. The minimum atomic E-state index is -0.672. The number of hydrogen-bond acceptors (Lipinski definition) is 3. The fraction of sp³-hybridized carbons (Fsp3) is 0.467. The summed E-state index contributed by atoms with van der Waals surface area (Å²) in [6, 6.07) is 7.75. The summed E-state index contributed by atoms with van der Waals surface area (Å²) in [5.41, 5.74) is 0.369. The molecule has 18 heavy (non-hydrogen) atoms.